The molecule has 0 saturated carbocycles. The van der Waals surface area contributed by atoms with Gasteiger partial charge in [0.2, 0.25) is 10.0 Å². The number of aliphatic hydroxyl groups is 1. The van der Waals surface area contributed by atoms with Crippen molar-refractivity contribution in [2.24, 2.45) is 0 Å². The van der Waals surface area contributed by atoms with Crippen LogP contribution in [0.1, 0.15) is 61.1 Å². The van der Waals surface area contributed by atoms with E-state index in [1.54, 1.807) is 24.4 Å². The lowest BCUT2D eigenvalue weighted by molar-refractivity contribution is -0.122. The molecule has 1 saturated heterocycles. The van der Waals surface area contributed by atoms with Gasteiger partial charge in [0.15, 0.2) is 0 Å². The van der Waals surface area contributed by atoms with E-state index in [1.165, 1.54) is 4.31 Å². The van der Waals surface area contributed by atoms with Gasteiger partial charge in [-0.05, 0) is 63.8 Å². The van der Waals surface area contributed by atoms with E-state index in [-0.39, 0.29) is 30.7 Å². The van der Waals surface area contributed by atoms with Gasteiger partial charge >= 0.3 is 0 Å². The fourth-order valence-corrected chi connectivity index (χ4v) is 6.56. The van der Waals surface area contributed by atoms with E-state index in [9.17, 15) is 18.3 Å². The highest BCUT2D eigenvalue weighted by Crippen LogP contribution is 2.28. The monoisotopic (exact) mass is 628 g/mol. The van der Waals surface area contributed by atoms with Crippen LogP contribution in [0, 0.1) is 0 Å². The molecule has 1 amide bonds. The van der Waals surface area contributed by atoms with E-state index in [0.29, 0.717) is 49.4 Å². The first-order chi connectivity index (χ1) is 21.1. The van der Waals surface area contributed by atoms with Gasteiger partial charge in [0, 0.05) is 55.2 Å². The standard InChI is InChI=1S/C30H42N6O4S.CH2O2/c1-4-32-26-15-25(16-27(17-26)36-12-8-9-13-41(36,39)40)30(38)34-28(14-23-10-6-5-7-11-23)29(37)20-31-18-24-19-33-35(21-24)22(2)3;2-1-3/h5-7,10-11,15-17,19,21-22,28-29,31-32,37H,4,8-9,12-14,18,20H2,1-3H3,(H,34,38);1H,(H,2,3)/t28-,29+;/m0./s1. The van der Waals surface area contributed by atoms with Crippen LogP contribution in [0.5, 0.6) is 0 Å². The van der Waals surface area contributed by atoms with Crippen molar-refractivity contribution in [3.8, 4) is 0 Å². The van der Waals surface area contributed by atoms with Crippen molar-refractivity contribution >= 4 is 33.8 Å². The summed E-state index contributed by atoms with van der Waals surface area (Å²) in [5.74, 6) is -0.282. The number of anilines is 2. The minimum atomic E-state index is -3.44. The number of aliphatic hydroxyl groups excluding tert-OH is 1. The van der Waals surface area contributed by atoms with Gasteiger partial charge in [-0.25, -0.2) is 8.42 Å². The minimum Gasteiger partial charge on any atom is -0.483 e. The Labute approximate surface area is 259 Å². The van der Waals surface area contributed by atoms with E-state index in [2.05, 4.69) is 34.9 Å². The average Bonchev–Trinajstić information content (AvgIpc) is 3.47. The van der Waals surface area contributed by atoms with Gasteiger partial charge < -0.3 is 26.2 Å². The third-order valence-corrected chi connectivity index (χ3v) is 9.01. The third kappa shape index (κ3) is 10.1. The summed E-state index contributed by atoms with van der Waals surface area (Å²) < 4.78 is 28.9. The van der Waals surface area contributed by atoms with Crippen molar-refractivity contribution in [1.29, 1.82) is 0 Å². The fourth-order valence-electron chi connectivity index (χ4n) is 4.93. The number of hydrogen-bond acceptors (Lipinski definition) is 8. The molecule has 2 aromatic carbocycles. The van der Waals surface area contributed by atoms with E-state index in [4.69, 9.17) is 9.90 Å². The minimum absolute atomic E-state index is 0.0938. The van der Waals surface area contributed by atoms with Crippen LogP contribution in [0.25, 0.3) is 0 Å². The molecule has 240 valence electrons. The maximum atomic E-state index is 13.6. The topological polar surface area (TPSA) is 166 Å². The molecule has 0 radical (unpaired) electrons. The summed E-state index contributed by atoms with van der Waals surface area (Å²) in [6.45, 7) is 7.62. The Kier molecular flexibility index (Phi) is 13.2. The van der Waals surface area contributed by atoms with Crippen molar-refractivity contribution in [3.63, 3.8) is 0 Å². The number of rotatable bonds is 13. The summed E-state index contributed by atoms with van der Waals surface area (Å²) in [7, 11) is -3.44. The van der Waals surface area contributed by atoms with Gasteiger partial charge in [0.25, 0.3) is 12.4 Å². The van der Waals surface area contributed by atoms with Gasteiger partial charge in [-0.1, -0.05) is 30.3 Å². The molecule has 3 aromatic rings. The Morgan fingerprint density at radius 3 is 2.48 bits per heavy atom. The number of aromatic nitrogens is 2. The number of carboxylic acid groups (broad SMARTS) is 1. The molecule has 0 aliphatic carbocycles. The van der Waals surface area contributed by atoms with Crippen molar-refractivity contribution in [2.45, 2.75) is 64.8 Å². The zero-order valence-electron chi connectivity index (χ0n) is 25.5. The summed E-state index contributed by atoms with van der Waals surface area (Å²) in [6, 6.07) is 14.5. The van der Waals surface area contributed by atoms with Gasteiger partial charge in [-0.3, -0.25) is 18.6 Å². The number of carbonyl (C=O) groups is 2. The number of sulfonamides is 1. The van der Waals surface area contributed by atoms with Crippen LogP contribution in [-0.4, -0.2) is 78.3 Å². The molecule has 1 aliphatic rings. The van der Waals surface area contributed by atoms with Gasteiger partial charge in [-0.15, -0.1) is 0 Å². The summed E-state index contributed by atoms with van der Waals surface area (Å²) in [5.41, 5.74) is 3.46. The molecule has 13 heteroatoms. The Bertz CT molecular complexity index is 1450. The summed E-state index contributed by atoms with van der Waals surface area (Å²) in [6.07, 6.45) is 4.74. The molecule has 0 unspecified atom stereocenters. The largest absolute Gasteiger partial charge is 0.483 e. The zero-order valence-corrected chi connectivity index (χ0v) is 26.3. The number of amides is 1. The van der Waals surface area contributed by atoms with Gasteiger partial charge in [0.05, 0.1) is 29.8 Å². The maximum absolute atomic E-state index is 13.6. The molecule has 4 rings (SSSR count). The third-order valence-electron chi connectivity index (χ3n) is 7.14. The quantitative estimate of drug-likeness (QED) is 0.179. The number of hydrogen-bond donors (Lipinski definition) is 5. The van der Waals surface area contributed by atoms with Crippen LogP contribution in [0.4, 0.5) is 11.4 Å². The van der Waals surface area contributed by atoms with Crippen molar-refractivity contribution < 1.29 is 28.2 Å². The lowest BCUT2D eigenvalue weighted by atomic mass is 10.00. The summed E-state index contributed by atoms with van der Waals surface area (Å²) in [5, 5.41) is 32.0. The van der Waals surface area contributed by atoms with E-state index in [1.807, 2.05) is 48.1 Å². The van der Waals surface area contributed by atoms with E-state index < -0.39 is 22.2 Å². The average molecular weight is 629 g/mol. The van der Waals surface area contributed by atoms with Crippen molar-refractivity contribution in [3.05, 3.63) is 77.6 Å². The molecule has 12 nitrogen and oxygen atoms in total. The van der Waals surface area contributed by atoms with Crippen LogP contribution in [0.3, 0.4) is 0 Å². The molecular weight excluding hydrogens is 584 g/mol. The lowest BCUT2D eigenvalue weighted by Crippen LogP contribution is -2.48. The van der Waals surface area contributed by atoms with Crippen molar-refractivity contribution in [2.75, 3.05) is 35.0 Å². The first-order valence-electron chi connectivity index (χ1n) is 14.8. The molecule has 0 bridgehead atoms. The molecule has 44 heavy (non-hydrogen) atoms. The van der Waals surface area contributed by atoms with Crippen molar-refractivity contribution in [1.82, 2.24) is 20.4 Å². The second-order valence-electron chi connectivity index (χ2n) is 10.9. The first-order valence-corrected chi connectivity index (χ1v) is 16.4. The number of benzene rings is 2. The predicted octanol–water partition coefficient (Wildman–Crippen LogP) is 3.02. The second kappa shape index (κ2) is 16.8. The van der Waals surface area contributed by atoms with Crippen LogP contribution in [0.2, 0.25) is 0 Å². The first kappa shape index (κ1) is 34.5. The smallest absolute Gasteiger partial charge is 0.290 e. The fraction of sp³-hybridized carbons (Fsp3) is 0.452. The molecule has 5 N–H and O–H groups in total. The molecule has 2 heterocycles. The SMILES string of the molecule is CCNc1cc(C(=O)N[C@@H](Cc2ccccc2)[C@H](O)CNCc2cnn(C(C)C)c2)cc(N2CCCCS2(=O)=O)c1.O=CO. The summed E-state index contributed by atoms with van der Waals surface area (Å²) in [4.78, 5) is 22.0. The highest BCUT2D eigenvalue weighted by Gasteiger charge is 2.28. The Morgan fingerprint density at radius 2 is 1.84 bits per heavy atom. The number of nitrogens with zero attached hydrogens (tertiary/aromatic N) is 3. The van der Waals surface area contributed by atoms with Crippen LogP contribution >= 0.6 is 0 Å². The van der Waals surface area contributed by atoms with Crippen LogP contribution in [-0.2, 0) is 27.8 Å². The van der Waals surface area contributed by atoms with Gasteiger partial charge in [0.1, 0.15) is 0 Å². The maximum Gasteiger partial charge on any atom is 0.290 e. The second-order valence-corrected chi connectivity index (χ2v) is 12.9. The molecule has 1 fully saturated rings. The Balaban J connectivity index is 0.00000169. The molecule has 2 atom stereocenters. The Morgan fingerprint density at radius 1 is 1.11 bits per heavy atom. The van der Waals surface area contributed by atoms with Crippen LogP contribution in [0.15, 0.2) is 60.9 Å². The van der Waals surface area contributed by atoms with Crippen LogP contribution < -0.4 is 20.3 Å². The normalized spacial score (nSPS) is 15.5. The predicted molar refractivity (Wildman–Crippen MR) is 171 cm³/mol. The summed E-state index contributed by atoms with van der Waals surface area (Å²) >= 11 is 0. The van der Waals surface area contributed by atoms with Gasteiger partial charge in [-0.2, -0.15) is 5.10 Å². The van der Waals surface area contributed by atoms with E-state index in [0.717, 1.165) is 17.5 Å². The highest BCUT2D eigenvalue weighted by atomic mass is 32.2. The lowest BCUT2D eigenvalue weighted by Gasteiger charge is -2.29. The number of carbonyl (C=O) groups excluding carboxylic acids is 1. The van der Waals surface area contributed by atoms with E-state index >= 15 is 0 Å². The molecule has 1 aliphatic heterocycles. The molecule has 0 spiro atoms. The Hall–Kier alpha value is -3.94. The number of nitrogens with one attached hydrogen (secondary N) is 3. The zero-order chi connectivity index (χ0) is 32.1. The molecule has 1 aromatic heterocycles. The molecular formula is C31H44N6O6S. The highest BCUT2D eigenvalue weighted by molar-refractivity contribution is 7.92.